The maximum atomic E-state index is 13.3. The average molecular weight is 849 g/mol. The minimum absolute atomic E-state index is 0.0951. The van der Waals surface area contributed by atoms with E-state index in [4.69, 9.17) is 56.8 Å². The molecule has 0 unspecified atom stereocenters. The summed E-state index contributed by atoms with van der Waals surface area (Å²) < 4.78 is 65.1. The fourth-order valence-electron chi connectivity index (χ4n) is 5.52. The quantitative estimate of drug-likeness (QED) is 0.0976. The molecule has 1 N–H and O–H groups in total. The molecule has 1 aliphatic heterocycles. The van der Waals surface area contributed by atoms with E-state index in [1.807, 2.05) is 54.6 Å². The number of hydrogen-bond donors (Lipinski definition) is 1. The van der Waals surface area contributed by atoms with E-state index in [9.17, 15) is 9.59 Å². The number of benzene rings is 2. The van der Waals surface area contributed by atoms with Gasteiger partial charge in [0, 0.05) is 26.5 Å². The van der Waals surface area contributed by atoms with Crippen LogP contribution in [-0.4, -0.2) is 177 Å². The molecule has 1 aliphatic rings. The summed E-state index contributed by atoms with van der Waals surface area (Å²) in [5, 5.41) is 2.83. The lowest BCUT2D eigenvalue weighted by atomic mass is 10.0. The van der Waals surface area contributed by atoms with Gasteiger partial charge in [0.2, 0.25) is 11.8 Å². The fraction of sp³-hybridized carbons (Fsp3) is 0.636. The van der Waals surface area contributed by atoms with Crippen LogP contribution in [0.25, 0.3) is 12.2 Å². The van der Waals surface area contributed by atoms with Crippen molar-refractivity contribution in [1.29, 1.82) is 0 Å². The molecule has 1 heterocycles. The monoisotopic (exact) mass is 848 g/mol. The van der Waals surface area contributed by atoms with Crippen LogP contribution in [0.1, 0.15) is 29.5 Å². The minimum atomic E-state index is -0.187. The van der Waals surface area contributed by atoms with E-state index in [1.54, 1.807) is 12.0 Å². The normalized spacial score (nSPS) is 12.8. The van der Waals surface area contributed by atoms with Gasteiger partial charge in [-0.05, 0) is 22.8 Å². The van der Waals surface area contributed by atoms with Crippen LogP contribution in [-0.2, 0) is 73.0 Å². The van der Waals surface area contributed by atoms with Crippen LogP contribution in [0.15, 0.2) is 48.5 Å². The van der Waals surface area contributed by atoms with Gasteiger partial charge in [0.15, 0.2) is 0 Å². The highest BCUT2D eigenvalue weighted by Crippen LogP contribution is 2.29. The standard InChI is InChI=1S/C44H68N2O14/c1-49-16-17-51-20-21-53-24-25-55-28-29-57-32-33-59-36-37-60-35-34-58-31-30-56-27-26-54-23-22-52-19-18-50-15-14-45-43(47)12-13-44(48)46-38-41-8-3-2-6-39(41)10-11-40-7-4-5-9-42(40)46/h2-11H,12-38H2,1H3,(H,45,47)/b11-10-. The molecule has 2 amide bonds. The molecule has 0 fully saturated rings. The Labute approximate surface area is 355 Å². The lowest BCUT2D eigenvalue weighted by Crippen LogP contribution is -2.33. The van der Waals surface area contributed by atoms with Crippen LogP contribution in [0, 0.1) is 0 Å². The van der Waals surface area contributed by atoms with Crippen molar-refractivity contribution in [1.82, 2.24) is 5.32 Å². The molecule has 0 aliphatic carbocycles. The number of carbonyl (C=O) groups is 2. The van der Waals surface area contributed by atoms with Crippen LogP contribution in [0.3, 0.4) is 0 Å². The van der Waals surface area contributed by atoms with Gasteiger partial charge in [-0.1, -0.05) is 54.6 Å². The second kappa shape index (κ2) is 36.3. The topological polar surface area (TPSA) is 160 Å². The van der Waals surface area contributed by atoms with Gasteiger partial charge in [0.25, 0.3) is 0 Å². The highest BCUT2D eigenvalue weighted by atomic mass is 16.6. The van der Waals surface area contributed by atoms with E-state index < -0.39 is 0 Å². The third-order valence-corrected chi connectivity index (χ3v) is 8.64. The van der Waals surface area contributed by atoms with Crippen molar-refractivity contribution in [3.63, 3.8) is 0 Å². The number of nitrogens with zero attached hydrogens (tertiary/aromatic N) is 1. The first-order valence-electron chi connectivity index (χ1n) is 20.9. The van der Waals surface area contributed by atoms with Crippen molar-refractivity contribution in [2.45, 2.75) is 19.4 Å². The summed E-state index contributed by atoms with van der Waals surface area (Å²) >= 11 is 0. The summed E-state index contributed by atoms with van der Waals surface area (Å²) in [4.78, 5) is 27.6. The number of carbonyl (C=O) groups excluding carboxylic acids is 2. The van der Waals surface area contributed by atoms with Gasteiger partial charge in [-0.3, -0.25) is 9.59 Å². The summed E-state index contributed by atoms with van der Waals surface area (Å²) in [6, 6.07) is 15.8. The minimum Gasteiger partial charge on any atom is -0.382 e. The highest BCUT2D eigenvalue weighted by Gasteiger charge is 2.21. The molecule has 60 heavy (non-hydrogen) atoms. The van der Waals surface area contributed by atoms with Gasteiger partial charge in [-0.2, -0.15) is 0 Å². The molecule has 2 aromatic carbocycles. The average Bonchev–Trinajstić information content (AvgIpc) is 3.26. The lowest BCUT2D eigenvalue weighted by Gasteiger charge is -2.27. The predicted molar refractivity (Wildman–Crippen MR) is 226 cm³/mol. The number of methoxy groups -OCH3 is 1. The molecule has 2 aromatic rings. The van der Waals surface area contributed by atoms with E-state index in [1.165, 1.54) is 0 Å². The number of fused-ring (bicyclic) bond motifs is 2. The molecule has 3 rings (SSSR count). The van der Waals surface area contributed by atoms with E-state index in [2.05, 4.69) is 11.4 Å². The number of nitrogens with one attached hydrogen (secondary N) is 1. The van der Waals surface area contributed by atoms with Gasteiger partial charge < -0.3 is 67.1 Å². The van der Waals surface area contributed by atoms with Crippen LogP contribution in [0.5, 0.6) is 0 Å². The largest absolute Gasteiger partial charge is 0.382 e. The number of ether oxygens (including phenoxy) is 12. The highest BCUT2D eigenvalue weighted by molar-refractivity contribution is 5.98. The van der Waals surface area contributed by atoms with Crippen LogP contribution < -0.4 is 10.2 Å². The second-order valence-corrected chi connectivity index (χ2v) is 13.1. The Kier molecular flexibility index (Phi) is 30.9. The molecule has 0 aromatic heterocycles. The molecule has 0 saturated carbocycles. The van der Waals surface area contributed by atoms with Crippen LogP contribution in [0.4, 0.5) is 5.69 Å². The molecular weight excluding hydrogens is 780 g/mol. The van der Waals surface area contributed by atoms with Crippen molar-refractivity contribution in [3.8, 4) is 0 Å². The molecule has 16 nitrogen and oxygen atoms in total. The van der Waals surface area contributed by atoms with Gasteiger partial charge in [0.1, 0.15) is 0 Å². The summed E-state index contributed by atoms with van der Waals surface area (Å²) in [5.41, 5.74) is 3.94. The Balaban J connectivity index is 0.986. The third kappa shape index (κ3) is 25.4. The SMILES string of the molecule is COCCOCCOCCOCCOCCOCCOCCOCCOCCOCCOCCOCCNC(=O)CCC(=O)N1Cc2ccccc2/C=C\c2ccccc21. The van der Waals surface area contributed by atoms with Crippen molar-refractivity contribution in [2.75, 3.05) is 171 Å². The Bertz CT molecular complexity index is 1400. The molecule has 0 radical (unpaired) electrons. The molecule has 338 valence electrons. The first-order valence-corrected chi connectivity index (χ1v) is 20.9. The Morgan fingerprint density at radius 1 is 0.467 bits per heavy atom. The van der Waals surface area contributed by atoms with Crippen molar-refractivity contribution >= 4 is 29.7 Å². The second-order valence-electron chi connectivity index (χ2n) is 13.1. The Morgan fingerprint density at radius 2 is 0.833 bits per heavy atom. The third-order valence-electron chi connectivity index (χ3n) is 8.64. The Morgan fingerprint density at radius 3 is 1.28 bits per heavy atom. The lowest BCUT2D eigenvalue weighted by molar-refractivity contribution is -0.125. The summed E-state index contributed by atoms with van der Waals surface area (Å²) in [6.07, 6.45) is 4.32. The summed E-state index contributed by atoms with van der Waals surface area (Å²) in [6.45, 7) is 12.0. The van der Waals surface area contributed by atoms with E-state index >= 15 is 0 Å². The van der Waals surface area contributed by atoms with Crippen molar-refractivity contribution in [2.24, 2.45) is 0 Å². The molecular formula is C44H68N2O14. The van der Waals surface area contributed by atoms with Gasteiger partial charge in [-0.25, -0.2) is 0 Å². The fourth-order valence-corrected chi connectivity index (χ4v) is 5.52. The maximum Gasteiger partial charge on any atom is 0.227 e. The van der Waals surface area contributed by atoms with E-state index in [0.717, 1.165) is 22.4 Å². The summed E-state index contributed by atoms with van der Waals surface area (Å²) in [7, 11) is 1.64. The molecule has 0 spiro atoms. The Hall–Kier alpha value is -3.36. The van der Waals surface area contributed by atoms with E-state index in [-0.39, 0.29) is 24.7 Å². The molecule has 0 atom stereocenters. The number of amides is 2. The van der Waals surface area contributed by atoms with Crippen LogP contribution >= 0.6 is 0 Å². The number of hydrogen-bond acceptors (Lipinski definition) is 14. The van der Waals surface area contributed by atoms with Gasteiger partial charge in [-0.15, -0.1) is 0 Å². The van der Waals surface area contributed by atoms with E-state index in [0.29, 0.717) is 165 Å². The first kappa shape index (κ1) is 51.0. The summed E-state index contributed by atoms with van der Waals surface area (Å²) in [5.74, 6) is -0.282. The number of anilines is 1. The first-order chi connectivity index (χ1) is 29.7. The maximum absolute atomic E-state index is 13.3. The van der Waals surface area contributed by atoms with Gasteiger partial charge >= 0.3 is 0 Å². The molecule has 16 heteroatoms. The van der Waals surface area contributed by atoms with Crippen LogP contribution in [0.2, 0.25) is 0 Å². The number of rotatable bonds is 39. The molecule has 0 bridgehead atoms. The smallest absolute Gasteiger partial charge is 0.227 e. The zero-order valence-electron chi connectivity index (χ0n) is 35.5. The van der Waals surface area contributed by atoms with Crippen molar-refractivity contribution in [3.05, 3.63) is 65.2 Å². The predicted octanol–water partition coefficient (Wildman–Crippen LogP) is 3.43. The number of para-hydroxylation sites is 1. The van der Waals surface area contributed by atoms with Crippen molar-refractivity contribution < 1.29 is 66.4 Å². The zero-order chi connectivity index (χ0) is 42.4. The molecule has 0 saturated heterocycles. The zero-order valence-corrected chi connectivity index (χ0v) is 35.5. The van der Waals surface area contributed by atoms with Gasteiger partial charge in [0.05, 0.1) is 164 Å².